The van der Waals surface area contributed by atoms with Crippen molar-refractivity contribution in [3.8, 4) is 5.88 Å². The van der Waals surface area contributed by atoms with Crippen LogP contribution in [0, 0.1) is 18.7 Å². The maximum absolute atomic E-state index is 13.0. The molecule has 1 saturated carbocycles. The molecule has 146 valence electrons. The molecule has 1 aliphatic rings. The number of hydrogen-bond donors (Lipinski definition) is 0. The number of aromatic nitrogens is 4. The number of thiazole rings is 1. The first-order valence-electron chi connectivity index (χ1n) is 8.91. The van der Waals surface area contributed by atoms with Gasteiger partial charge in [-0.05, 0) is 25.5 Å². The van der Waals surface area contributed by atoms with Crippen LogP contribution in [0.3, 0.4) is 0 Å². The second-order valence-electron chi connectivity index (χ2n) is 6.89. The summed E-state index contributed by atoms with van der Waals surface area (Å²) in [6.45, 7) is 2.39. The first-order chi connectivity index (χ1) is 13.4. The van der Waals surface area contributed by atoms with Gasteiger partial charge < -0.3 is 9.64 Å². The molecule has 9 heteroatoms. The molecule has 0 aromatic carbocycles. The third-order valence-corrected chi connectivity index (χ3v) is 5.81. The number of halogens is 1. The average Bonchev–Trinajstić information content (AvgIpc) is 3.33. The van der Waals surface area contributed by atoms with E-state index in [4.69, 9.17) is 4.74 Å². The van der Waals surface area contributed by atoms with Crippen molar-refractivity contribution in [2.45, 2.75) is 19.3 Å². The highest BCUT2D eigenvalue weighted by Gasteiger charge is 2.40. The fraction of sp³-hybridized carbons (Fsp3) is 0.368. The largest absolute Gasteiger partial charge is 0.476 e. The van der Waals surface area contributed by atoms with Crippen molar-refractivity contribution < 1.29 is 9.13 Å². The van der Waals surface area contributed by atoms with Crippen LogP contribution in [0.15, 0.2) is 35.4 Å². The molecule has 0 N–H and O–H groups in total. The van der Waals surface area contributed by atoms with Crippen molar-refractivity contribution in [1.82, 2.24) is 19.7 Å². The van der Waals surface area contributed by atoms with E-state index in [1.54, 1.807) is 30.3 Å². The zero-order chi connectivity index (χ0) is 19.8. The monoisotopic (exact) mass is 401 g/mol. The second-order valence-corrected chi connectivity index (χ2v) is 8.10. The highest BCUT2D eigenvalue weighted by molar-refractivity contribution is 7.15. The third kappa shape index (κ3) is 3.75. The van der Waals surface area contributed by atoms with Crippen molar-refractivity contribution in [3.63, 3.8) is 0 Å². The van der Waals surface area contributed by atoms with Crippen molar-refractivity contribution in [3.05, 3.63) is 57.5 Å². The molecule has 0 unspecified atom stereocenters. The highest BCUT2D eigenvalue weighted by Crippen LogP contribution is 2.46. The van der Waals surface area contributed by atoms with Gasteiger partial charge in [-0.2, -0.15) is 0 Å². The van der Waals surface area contributed by atoms with E-state index >= 15 is 0 Å². The molecular weight excluding hydrogens is 381 g/mol. The fourth-order valence-electron chi connectivity index (χ4n) is 3.09. The first-order valence-corrected chi connectivity index (χ1v) is 9.73. The van der Waals surface area contributed by atoms with E-state index in [1.165, 1.54) is 28.3 Å². The van der Waals surface area contributed by atoms with E-state index < -0.39 is 0 Å². The van der Waals surface area contributed by atoms with Crippen LogP contribution in [-0.4, -0.2) is 33.4 Å². The number of aryl methyl sites for hydroxylation is 2. The van der Waals surface area contributed by atoms with Gasteiger partial charge in [0.05, 0.1) is 24.0 Å². The Balaban J connectivity index is 1.46. The summed E-state index contributed by atoms with van der Waals surface area (Å²) in [4.78, 5) is 22.7. The van der Waals surface area contributed by atoms with Crippen molar-refractivity contribution >= 4 is 22.0 Å². The Kier molecular flexibility index (Phi) is 4.84. The molecule has 28 heavy (non-hydrogen) atoms. The topological polar surface area (TPSA) is 73.1 Å². The summed E-state index contributed by atoms with van der Waals surface area (Å²) in [5.74, 6) is 0.639. The van der Waals surface area contributed by atoms with E-state index in [0.717, 1.165) is 22.1 Å². The normalized spacial score (nSPS) is 18.1. The van der Waals surface area contributed by atoms with E-state index in [1.807, 2.05) is 14.0 Å². The minimum atomic E-state index is -0.334. The minimum absolute atomic E-state index is 0.208. The Morgan fingerprint density at radius 2 is 2.18 bits per heavy atom. The smallest absolute Gasteiger partial charge is 0.290 e. The van der Waals surface area contributed by atoms with Crippen LogP contribution in [-0.2, 0) is 7.05 Å². The molecule has 0 amide bonds. The maximum Gasteiger partial charge on any atom is 0.290 e. The molecule has 7 nitrogen and oxygen atoms in total. The van der Waals surface area contributed by atoms with Crippen LogP contribution in [0.2, 0.25) is 0 Å². The van der Waals surface area contributed by atoms with Crippen LogP contribution in [0.1, 0.15) is 23.0 Å². The molecule has 3 aromatic rings. The second kappa shape index (κ2) is 7.31. The van der Waals surface area contributed by atoms with Gasteiger partial charge in [0.1, 0.15) is 16.5 Å². The summed E-state index contributed by atoms with van der Waals surface area (Å²) in [6, 6.07) is 4.80. The van der Waals surface area contributed by atoms with E-state index in [-0.39, 0.29) is 17.3 Å². The van der Waals surface area contributed by atoms with Gasteiger partial charge in [0.15, 0.2) is 0 Å². The van der Waals surface area contributed by atoms with Gasteiger partial charge in [-0.1, -0.05) is 0 Å². The number of hydrogen-bond acceptors (Lipinski definition) is 7. The van der Waals surface area contributed by atoms with Gasteiger partial charge in [-0.15, -0.1) is 16.4 Å². The molecule has 3 heterocycles. The lowest BCUT2D eigenvalue weighted by molar-refractivity contribution is 0.278. The number of pyridine rings is 1. The molecule has 0 spiro atoms. The summed E-state index contributed by atoms with van der Waals surface area (Å²) < 4.78 is 20.1. The first kappa shape index (κ1) is 18.5. The molecular formula is C19H20FN5O2S. The number of anilines is 2. The van der Waals surface area contributed by atoms with Crippen LogP contribution in [0.4, 0.5) is 15.1 Å². The Morgan fingerprint density at radius 3 is 2.86 bits per heavy atom. The highest BCUT2D eigenvalue weighted by atomic mass is 32.1. The molecule has 0 aliphatic heterocycles. The van der Waals surface area contributed by atoms with Crippen LogP contribution >= 0.6 is 11.3 Å². The SMILES string of the molecule is Cc1ncc(N(C)c2cc(OC[C@H]3C[C@@H]3c3ccc(F)cn3)nn(C)c2=O)s1. The number of ether oxygens (including phenoxy) is 1. The van der Waals surface area contributed by atoms with Gasteiger partial charge in [0.2, 0.25) is 5.88 Å². The lowest BCUT2D eigenvalue weighted by Crippen LogP contribution is -2.27. The maximum atomic E-state index is 13.0. The van der Waals surface area contributed by atoms with Crippen LogP contribution in [0.25, 0.3) is 0 Å². The van der Waals surface area contributed by atoms with Gasteiger partial charge in [-0.25, -0.2) is 14.1 Å². The van der Waals surface area contributed by atoms with E-state index in [9.17, 15) is 9.18 Å². The zero-order valence-electron chi connectivity index (χ0n) is 15.8. The van der Waals surface area contributed by atoms with Gasteiger partial charge in [0, 0.05) is 37.7 Å². The van der Waals surface area contributed by atoms with E-state index in [0.29, 0.717) is 24.1 Å². The molecule has 3 aromatic heterocycles. The molecule has 2 atom stereocenters. The summed E-state index contributed by atoms with van der Waals surface area (Å²) >= 11 is 1.51. The standard InChI is InChI=1S/C19H20FN5O2S/c1-11-21-9-18(28-11)24(2)16-7-17(23-25(3)19(16)26)27-10-12-6-14(12)15-5-4-13(20)8-22-15/h4-5,7-9,12,14H,6,10H2,1-3H3/t12-,14+/m1/s1. The lowest BCUT2D eigenvalue weighted by Gasteiger charge is -2.17. The molecule has 0 radical (unpaired) electrons. The van der Waals surface area contributed by atoms with Crippen LogP contribution in [0.5, 0.6) is 5.88 Å². The molecule has 1 fully saturated rings. The predicted molar refractivity (Wildman–Crippen MR) is 105 cm³/mol. The Bertz CT molecular complexity index is 1050. The summed E-state index contributed by atoms with van der Waals surface area (Å²) in [5, 5.41) is 6.00. The Hall–Kier alpha value is -2.81. The fourth-order valence-corrected chi connectivity index (χ4v) is 3.84. The minimum Gasteiger partial charge on any atom is -0.476 e. The Labute approximate surface area is 165 Å². The summed E-state index contributed by atoms with van der Waals surface area (Å²) in [6.07, 6.45) is 3.92. The third-order valence-electron chi connectivity index (χ3n) is 4.82. The summed E-state index contributed by atoms with van der Waals surface area (Å²) in [7, 11) is 3.43. The van der Waals surface area contributed by atoms with Gasteiger partial charge in [0.25, 0.3) is 5.56 Å². The van der Waals surface area contributed by atoms with E-state index in [2.05, 4.69) is 15.1 Å². The van der Waals surface area contributed by atoms with Crippen molar-refractivity contribution in [1.29, 1.82) is 0 Å². The lowest BCUT2D eigenvalue weighted by atomic mass is 10.2. The van der Waals surface area contributed by atoms with Crippen molar-refractivity contribution in [2.24, 2.45) is 13.0 Å². The summed E-state index contributed by atoms with van der Waals surface area (Å²) in [5.41, 5.74) is 1.15. The average molecular weight is 401 g/mol. The van der Waals surface area contributed by atoms with Gasteiger partial charge >= 0.3 is 0 Å². The molecule has 0 saturated heterocycles. The number of nitrogens with zero attached hydrogens (tertiary/aromatic N) is 5. The number of rotatable bonds is 6. The quantitative estimate of drug-likeness (QED) is 0.632. The Morgan fingerprint density at radius 1 is 1.36 bits per heavy atom. The van der Waals surface area contributed by atoms with Crippen molar-refractivity contribution in [2.75, 3.05) is 18.6 Å². The predicted octanol–water partition coefficient (Wildman–Crippen LogP) is 3.03. The van der Waals surface area contributed by atoms with Crippen LogP contribution < -0.4 is 15.2 Å². The zero-order valence-corrected chi connectivity index (χ0v) is 16.6. The molecule has 0 bridgehead atoms. The van der Waals surface area contributed by atoms with Gasteiger partial charge in [-0.3, -0.25) is 9.78 Å². The molecule has 4 rings (SSSR count). The molecule has 1 aliphatic carbocycles.